The molecule has 1 saturated heterocycles. The molecule has 1 aliphatic heterocycles. The molecule has 5 nitrogen and oxygen atoms in total. The monoisotopic (exact) mass is 395 g/mol. The molecule has 1 unspecified atom stereocenters. The second-order valence-electron chi connectivity index (χ2n) is 7.55. The molecule has 0 spiro atoms. The Kier molecular flexibility index (Phi) is 7.53. The third-order valence-corrected chi connectivity index (χ3v) is 5.70. The van der Waals surface area contributed by atoms with Crippen molar-refractivity contribution in [3.63, 3.8) is 0 Å². The topological polar surface area (TPSA) is 54.9 Å². The summed E-state index contributed by atoms with van der Waals surface area (Å²) in [5.41, 5.74) is 2.59. The Hall–Kier alpha value is -2.53. The van der Waals surface area contributed by atoms with Crippen LogP contribution >= 0.6 is 0 Å². The summed E-state index contributed by atoms with van der Waals surface area (Å²) in [6.45, 7) is 7.21. The van der Waals surface area contributed by atoms with Gasteiger partial charge in [-0.3, -0.25) is 4.99 Å². The van der Waals surface area contributed by atoms with Crippen LogP contribution in [0.2, 0.25) is 0 Å². The lowest BCUT2D eigenvalue weighted by molar-refractivity contribution is 0.0513. The highest BCUT2D eigenvalue weighted by atomic mass is 16.5. The van der Waals surface area contributed by atoms with E-state index in [4.69, 9.17) is 9.47 Å². The van der Waals surface area contributed by atoms with E-state index in [1.807, 2.05) is 20.0 Å². The average Bonchev–Trinajstić information content (AvgIpc) is 2.78. The molecule has 0 aliphatic carbocycles. The molecular weight excluding hydrogens is 362 g/mol. The largest absolute Gasteiger partial charge is 0.494 e. The first kappa shape index (κ1) is 21.2. The number of aliphatic imine (C=N–C) groups is 1. The van der Waals surface area contributed by atoms with Gasteiger partial charge in [-0.2, -0.15) is 0 Å². The van der Waals surface area contributed by atoms with Crippen LogP contribution in [0.3, 0.4) is 0 Å². The maximum Gasteiger partial charge on any atom is 0.191 e. The molecular formula is C24H33N3O2. The first-order valence-corrected chi connectivity index (χ1v) is 10.5. The van der Waals surface area contributed by atoms with E-state index >= 15 is 0 Å². The summed E-state index contributed by atoms with van der Waals surface area (Å²) in [4.78, 5) is 4.44. The van der Waals surface area contributed by atoms with Crippen molar-refractivity contribution >= 4 is 5.96 Å². The molecule has 5 heteroatoms. The number of ether oxygens (including phenoxy) is 2. The van der Waals surface area contributed by atoms with Gasteiger partial charge in [0, 0.05) is 32.2 Å². The minimum Gasteiger partial charge on any atom is -0.494 e. The van der Waals surface area contributed by atoms with Gasteiger partial charge in [0.15, 0.2) is 5.96 Å². The van der Waals surface area contributed by atoms with Gasteiger partial charge in [0.1, 0.15) is 5.75 Å². The van der Waals surface area contributed by atoms with Crippen molar-refractivity contribution < 1.29 is 9.47 Å². The van der Waals surface area contributed by atoms with Crippen LogP contribution in [0.1, 0.15) is 43.9 Å². The van der Waals surface area contributed by atoms with E-state index in [2.05, 4.69) is 71.1 Å². The van der Waals surface area contributed by atoms with Gasteiger partial charge in [-0.05, 0) is 49.9 Å². The van der Waals surface area contributed by atoms with E-state index in [-0.39, 0.29) is 11.5 Å². The summed E-state index contributed by atoms with van der Waals surface area (Å²) < 4.78 is 11.3. The number of hydrogen-bond donors (Lipinski definition) is 2. The van der Waals surface area contributed by atoms with E-state index in [1.165, 1.54) is 11.1 Å². The van der Waals surface area contributed by atoms with Crippen molar-refractivity contribution in [2.45, 2.75) is 38.1 Å². The van der Waals surface area contributed by atoms with Crippen molar-refractivity contribution in [3.05, 3.63) is 65.7 Å². The van der Waals surface area contributed by atoms with E-state index in [0.717, 1.165) is 44.3 Å². The number of rotatable bonds is 7. The molecule has 3 rings (SSSR count). The second-order valence-corrected chi connectivity index (χ2v) is 7.55. The first-order valence-electron chi connectivity index (χ1n) is 10.5. The Morgan fingerprint density at radius 2 is 1.79 bits per heavy atom. The van der Waals surface area contributed by atoms with Crippen LogP contribution in [-0.4, -0.2) is 39.4 Å². The molecule has 0 bridgehead atoms. The lowest BCUT2D eigenvalue weighted by atomic mass is 9.74. The van der Waals surface area contributed by atoms with Crippen molar-refractivity contribution in [2.75, 3.05) is 33.4 Å². The zero-order valence-corrected chi connectivity index (χ0v) is 17.8. The van der Waals surface area contributed by atoms with Crippen molar-refractivity contribution in [1.82, 2.24) is 10.6 Å². The fourth-order valence-electron chi connectivity index (χ4n) is 3.88. The molecule has 0 amide bonds. The summed E-state index contributed by atoms with van der Waals surface area (Å²) in [7, 11) is 1.82. The van der Waals surface area contributed by atoms with Crippen molar-refractivity contribution in [2.24, 2.45) is 4.99 Å². The summed E-state index contributed by atoms with van der Waals surface area (Å²) in [5, 5.41) is 7.08. The normalized spacial score (nSPS) is 17.4. The Bertz CT molecular complexity index is 768. The summed E-state index contributed by atoms with van der Waals surface area (Å²) in [6, 6.07) is 19.1. The Morgan fingerprint density at radius 3 is 2.41 bits per heavy atom. The molecule has 0 radical (unpaired) electrons. The third kappa shape index (κ3) is 5.51. The fourth-order valence-corrected chi connectivity index (χ4v) is 3.88. The molecule has 29 heavy (non-hydrogen) atoms. The number of hydrogen-bond acceptors (Lipinski definition) is 3. The van der Waals surface area contributed by atoms with Gasteiger partial charge in [-0.1, -0.05) is 42.5 Å². The van der Waals surface area contributed by atoms with Crippen LogP contribution in [0.15, 0.2) is 59.6 Å². The van der Waals surface area contributed by atoms with Crippen LogP contribution in [0.4, 0.5) is 0 Å². The minimum absolute atomic E-state index is 0.0244. The maximum atomic E-state index is 5.67. The molecule has 0 saturated carbocycles. The molecule has 156 valence electrons. The second kappa shape index (κ2) is 10.3. The number of benzene rings is 2. The smallest absolute Gasteiger partial charge is 0.191 e. The SMILES string of the molecule is CCOc1ccc(C2(CNC(=NC)NC(C)c3ccccc3)CCOCC2)cc1. The lowest BCUT2D eigenvalue weighted by Crippen LogP contribution is -2.48. The van der Waals surface area contributed by atoms with Crippen LogP contribution in [0, 0.1) is 0 Å². The van der Waals surface area contributed by atoms with Gasteiger partial charge in [0.05, 0.1) is 12.6 Å². The third-order valence-electron chi connectivity index (χ3n) is 5.70. The van der Waals surface area contributed by atoms with Crippen LogP contribution in [0.5, 0.6) is 5.75 Å². The maximum absolute atomic E-state index is 5.67. The van der Waals surface area contributed by atoms with Crippen LogP contribution in [0.25, 0.3) is 0 Å². The highest BCUT2D eigenvalue weighted by Crippen LogP contribution is 2.35. The number of guanidine groups is 1. The van der Waals surface area contributed by atoms with Crippen LogP contribution < -0.4 is 15.4 Å². The quantitative estimate of drug-likeness (QED) is 0.548. The highest BCUT2D eigenvalue weighted by molar-refractivity contribution is 5.80. The Labute approximate surface area is 174 Å². The molecule has 1 heterocycles. The van der Waals surface area contributed by atoms with Crippen LogP contribution in [-0.2, 0) is 10.2 Å². The van der Waals surface area contributed by atoms with Gasteiger partial charge in [-0.25, -0.2) is 0 Å². The van der Waals surface area contributed by atoms with Gasteiger partial charge in [-0.15, -0.1) is 0 Å². The predicted molar refractivity (Wildman–Crippen MR) is 119 cm³/mol. The van der Waals surface area contributed by atoms with E-state index in [9.17, 15) is 0 Å². The van der Waals surface area contributed by atoms with Crippen molar-refractivity contribution in [1.29, 1.82) is 0 Å². The first-order chi connectivity index (χ1) is 14.2. The minimum atomic E-state index is 0.0244. The zero-order valence-electron chi connectivity index (χ0n) is 17.8. The molecule has 2 aromatic rings. The molecule has 1 fully saturated rings. The van der Waals surface area contributed by atoms with Gasteiger partial charge < -0.3 is 20.1 Å². The van der Waals surface area contributed by atoms with Gasteiger partial charge >= 0.3 is 0 Å². The zero-order chi connectivity index (χ0) is 20.5. The fraction of sp³-hybridized carbons (Fsp3) is 0.458. The Balaban J connectivity index is 1.69. The molecule has 2 aromatic carbocycles. The molecule has 0 aromatic heterocycles. The Morgan fingerprint density at radius 1 is 1.10 bits per heavy atom. The molecule has 1 aliphatic rings. The molecule has 2 N–H and O–H groups in total. The van der Waals surface area contributed by atoms with Gasteiger partial charge in [0.25, 0.3) is 0 Å². The lowest BCUT2D eigenvalue weighted by Gasteiger charge is -2.38. The van der Waals surface area contributed by atoms with E-state index < -0.39 is 0 Å². The van der Waals surface area contributed by atoms with E-state index in [0.29, 0.717) is 6.61 Å². The predicted octanol–water partition coefficient (Wildman–Crippen LogP) is 4.06. The molecule has 1 atom stereocenters. The highest BCUT2D eigenvalue weighted by Gasteiger charge is 2.34. The van der Waals surface area contributed by atoms with E-state index in [1.54, 1.807) is 0 Å². The average molecular weight is 396 g/mol. The summed E-state index contributed by atoms with van der Waals surface area (Å²) in [5.74, 6) is 1.73. The summed E-state index contributed by atoms with van der Waals surface area (Å²) in [6.07, 6.45) is 1.97. The summed E-state index contributed by atoms with van der Waals surface area (Å²) >= 11 is 0. The van der Waals surface area contributed by atoms with Gasteiger partial charge in [0.2, 0.25) is 0 Å². The van der Waals surface area contributed by atoms with Crippen molar-refractivity contribution in [3.8, 4) is 5.75 Å². The number of nitrogens with zero attached hydrogens (tertiary/aromatic N) is 1. The number of nitrogens with one attached hydrogen (secondary N) is 2. The standard InChI is InChI=1S/C24H33N3O2/c1-4-29-22-12-10-21(11-13-22)24(14-16-28-17-15-24)18-26-23(25-3)27-19(2)20-8-6-5-7-9-20/h5-13,19H,4,14-18H2,1-3H3,(H2,25,26,27).